The highest BCUT2D eigenvalue weighted by Gasteiger charge is 2.36. The molecule has 1 amide bonds. The number of fused-ring (bicyclic) bond motifs is 1. The molecule has 0 N–H and O–H groups in total. The Morgan fingerprint density at radius 3 is 2.60 bits per heavy atom. The molecule has 5 heterocycles. The third-order valence-corrected chi connectivity index (χ3v) is 7.78. The number of nitrogens with zero attached hydrogens (tertiary/aromatic N) is 7. The van der Waals surface area contributed by atoms with Crippen molar-refractivity contribution in [1.29, 1.82) is 0 Å². The largest absolute Gasteiger partial charge is 0.444 e. The van der Waals surface area contributed by atoms with Gasteiger partial charge in [0.25, 0.3) is 0 Å². The van der Waals surface area contributed by atoms with E-state index in [0.717, 1.165) is 36.7 Å². The number of ether oxygens (including phenoxy) is 1. The summed E-state index contributed by atoms with van der Waals surface area (Å²) in [6, 6.07) is 8.14. The molecule has 43 heavy (non-hydrogen) atoms. The minimum atomic E-state index is -1.20. The lowest BCUT2D eigenvalue weighted by molar-refractivity contribution is 0.0184. The monoisotopic (exact) mass is 593 g/mol. The van der Waals surface area contributed by atoms with E-state index < -0.39 is 29.4 Å². The fourth-order valence-electron chi connectivity index (χ4n) is 5.71. The lowest BCUT2D eigenvalue weighted by Gasteiger charge is -2.33. The maximum absolute atomic E-state index is 14.6. The van der Waals surface area contributed by atoms with E-state index in [1.165, 1.54) is 0 Å². The first-order chi connectivity index (χ1) is 20.5. The highest BCUT2D eigenvalue weighted by Crippen LogP contribution is 2.38. The van der Waals surface area contributed by atoms with Gasteiger partial charge in [0, 0.05) is 31.3 Å². The molecule has 0 unspecified atom stereocenters. The molecule has 2 aliphatic heterocycles. The number of piperidine rings is 1. The van der Waals surface area contributed by atoms with Crippen LogP contribution in [-0.4, -0.2) is 66.8 Å². The summed E-state index contributed by atoms with van der Waals surface area (Å²) in [5, 5.41) is 9.41. The van der Waals surface area contributed by atoms with Crippen LogP contribution < -0.4 is 4.90 Å². The molecule has 0 bridgehead atoms. The summed E-state index contributed by atoms with van der Waals surface area (Å²) in [5.74, 6) is -0.709. The number of carbonyl (C=O) groups is 1. The van der Waals surface area contributed by atoms with Crippen molar-refractivity contribution >= 4 is 29.7 Å². The first kappa shape index (κ1) is 28.8. The third kappa shape index (κ3) is 6.23. The molecule has 2 aliphatic rings. The number of hydrogen-bond acceptors (Lipinski definition) is 6. The summed E-state index contributed by atoms with van der Waals surface area (Å²) in [6.45, 7) is 6.81. The normalized spacial score (nSPS) is 20.0. The number of benzene rings is 1. The van der Waals surface area contributed by atoms with E-state index in [9.17, 15) is 18.0 Å². The number of carbonyl (C=O) groups excluding carboxylic acids is 1. The van der Waals surface area contributed by atoms with E-state index >= 15 is 0 Å². The molecule has 9 nitrogen and oxygen atoms in total. The van der Waals surface area contributed by atoms with E-state index in [-0.39, 0.29) is 30.7 Å². The predicted octanol–water partition coefficient (Wildman–Crippen LogP) is 6.24. The summed E-state index contributed by atoms with van der Waals surface area (Å²) in [6.07, 6.45) is 7.43. The summed E-state index contributed by atoms with van der Waals surface area (Å²) in [5.41, 5.74) is 1.61. The summed E-state index contributed by atoms with van der Waals surface area (Å²) >= 11 is 0. The van der Waals surface area contributed by atoms with Crippen LogP contribution in [0.15, 0.2) is 48.8 Å². The van der Waals surface area contributed by atoms with Crippen molar-refractivity contribution in [2.75, 3.05) is 24.5 Å². The molecule has 4 aromatic rings. The molecule has 12 heteroatoms. The van der Waals surface area contributed by atoms with Crippen LogP contribution in [0.4, 0.5) is 23.8 Å². The van der Waals surface area contributed by atoms with E-state index in [1.807, 2.05) is 49.9 Å². The molecule has 2 atom stereocenters. The second kappa shape index (κ2) is 11.4. The number of anilines is 1. The van der Waals surface area contributed by atoms with Crippen molar-refractivity contribution in [3.63, 3.8) is 0 Å². The summed E-state index contributed by atoms with van der Waals surface area (Å²) in [7, 11) is 0. The van der Waals surface area contributed by atoms with Crippen LogP contribution in [0.5, 0.6) is 0 Å². The number of hydrogen-bond donors (Lipinski definition) is 0. The summed E-state index contributed by atoms with van der Waals surface area (Å²) in [4.78, 5) is 20.2. The predicted molar refractivity (Wildman–Crippen MR) is 156 cm³/mol. The van der Waals surface area contributed by atoms with Crippen LogP contribution in [0, 0.1) is 11.6 Å². The first-order valence-electron chi connectivity index (χ1n) is 14.5. The highest BCUT2D eigenvalue weighted by atomic mass is 19.1. The number of alkyl halides is 1. The van der Waals surface area contributed by atoms with Crippen molar-refractivity contribution < 1.29 is 22.7 Å². The molecule has 0 aliphatic carbocycles. The molecule has 3 aromatic heterocycles. The van der Waals surface area contributed by atoms with Crippen molar-refractivity contribution in [3.8, 4) is 0 Å². The average Bonchev–Trinajstić information content (AvgIpc) is 3.70. The van der Waals surface area contributed by atoms with E-state index in [0.29, 0.717) is 30.2 Å². The van der Waals surface area contributed by atoms with Gasteiger partial charge in [-0.05, 0) is 82.2 Å². The Morgan fingerprint density at radius 2 is 1.84 bits per heavy atom. The average molecular weight is 594 g/mol. The topological polar surface area (TPSA) is 80.8 Å². The molecule has 0 radical (unpaired) electrons. The molecule has 0 spiro atoms. The van der Waals surface area contributed by atoms with Crippen LogP contribution >= 0.6 is 0 Å². The summed E-state index contributed by atoms with van der Waals surface area (Å²) < 4.78 is 52.2. The standard InChI is InChI=1S/C31H34F3N7O2/c1-31(2,3)43-30(42)38-13-11-23(12-14-38)40-15-10-22(36-40)5-6-24-18-35-28-8-9-29(37-41(24)28)39-19-21(33)17-27(39)25-16-20(32)4-7-26(25)34/h4-10,15-16,18,21,23,27H,11-14,17,19H2,1-3H3/b6-5-/t21-,27+/m0/s1. The van der Waals surface area contributed by atoms with Crippen LogP contribution in [0.3, 0.4) is 0 Å². The maximum atomic E-state index is 14.6. The SMILES string of the molecule is CC(C)(C)OC(=O)N1CCC(n2ccc(/C=C\c3cnc4ccc(N5C[C@@H](F)C[C@@H]5c5cc(F)ccc5F)nn34)n2)CC1. The highest BCUT2D eigenvalue weighted by molar-refractivity contribution is 5.68. The lowest BCUT2D eigenvalue weighted by Crippen LogP contribution is -2.42. The fraction of sp³-hybridized carbons (Fsp3) is 0.419. The number of amides is 1. The number of halogens is 3. The molecule has 2 fully saturated rings. The Kier molecular flexibility index (Phi) is 7.61. The van der Waals surface area contributed by atoms with Gasteiger partial charge in [-0.25, -0.2) is 27.5 Å². The van der Waals surface area contributed by atoms with Gasteiger partial charge in [-0.2, -0.15) is 5.10 Å². The fourth-order valence-corrected chi connectivity index (χ4v) is 5.71. The van der Waals surface area contributed by atoms with Crippen LogP contribution in [0.2, 0.25) is 0 Å². The first-order valence-corrected chi connectivity index (χ1v) is 14.5. The van der Waals surface area contributed by atoms with Crippen molar-refractivity contribution in [2.45, 2.75) is 63.9 Å². The minimum absolute atomic E-state index is 0.0210. The Balaban J connectivity index is 1.16. The second-order valence-electron chi connectivity index (χ2n) is 12.1. The zero-order valence-electron chi connectivity index (χ0n) is 24.3. The smallest absolute Gasteiger partial charge is 0.410 e. The van der Waals surface area contributed by atoms with Gasteiger partial charge in [-0.3, -0.25) is 4.68 Å². The van der Waals surface area contributed by atoms with Gasteiger partial charge in [0.2, 0.25) is 0 Å². The van der Waals surface area contributed by atoms with Crippen LogP contribution in [-0.2, 0) is 4.74 Å². The molecule has 6 rings (SSSR count). The van der Waals surface area contributed by atoms with E-state index in [1.54, 1.807) is 32.6 Å². The van der Waals surface area contributed by atoms with Crippen molar-refractivity contribution in [3.05, 3.63) is 77.4 Å². The molecular weight excluding hydrogens is 559 g/mol. The van der Waals surface area contributed by atoms with Crippen molar-refractivity contribution in [2.24, 2.45) is 0 Å². The third-order valence-electron chi connectivity index (χ3n) is 7.78. The van der Waals surface area contributed by atoms with Crippen LogP contribution in [0.25, 0.3) is 17.8 Å². The van der Waals surface area contributed by atoms with Gasteiger partial charge in [0.15, 0.2) is 5.65 Å². The van der Waals surface area contributed by atoms with Crippen LogP contribution in [0.1, 0.15) is 69.1 Å². The van der Waals surface area contributed by atoms with Gasteiger partial charge < -0.3 is 14.5 Å². The zero-order valence-corrected chi connectivity index (χ0v) is 24.3. The van der Waals surface area contributed by atoms with E-state index in [2.05, 4.69) is 4.98 Å². The zero-order chi connectivity index (χ0) is 30.3. The quantitative estimate of drug-likeness (QED) is 0.273. The Bertz CT molecular complexity index is 1650. The number of imidazole rings is 1. The van der Waals surface area contributed by atoms with Gasteiger partial charge in [0.1, 0.15) is 29.2 Å². The minimum Gasteiger partial charge on any atom is -0.444 e. The van der Waals surface area contributed by atoms with Crippen molar-refractivity contribution in [1.82, 2.24) is 29.3 Å². The lowest BCUT2D eigenvalue weighted by atomic mass is 10.0. The number of aromatic nitrogens is 5. The molecule has 2 saturated heterocycles. The van der Waals surface area contributed by atoms with Gasteiger partial charge in [-0.1, -0.05) is 0 Å². The Hall–Kier alpha value is -4.35. The Morgan fingerprint density at radius 1 is 1.05 bits per heavy atom. The van der Waals surface area contributed by atoms with Gasteiger partial charge in [-0.15, -0.1) is 5.10 Å². The van der Waals surface area contributed by atoms with Gasteiger partial charge in [0.05, 0.1) is 36.2 Å². The molecule has 1 aromatic carbocycles. The maximum Gasteiger partial charge on any atom is 0.410 e. The molecule has 0 saturated carbocycles. The van der Waals surface area contributed by atoms with Gasteiger partial charge >= 0.3 is 6.09 Å². The molecular formula is C31H34F3N7O2. The number of rotatable bonds is 5. The molecule has 226 valence electrons. The Labute approximate surface area is 247 Å². The second-order valence-corrected chi connectivity index (χ2v) is 12.1. The number of likely N-dealkylation sites (tertiary alicyclic amines) is 1. The van der Waals surface area contributed by atoms with E-state index in [4.69, 9.17) is 14.9 Å².